The Morgan fingerprint density at radius 1 is 1.44 bits per heavy atom. The number of carbonyl (C=O) groups excluding carboxylic acids is 1. The molecule has 0 aromatic carbocycles. The first-order valence-electron chi connectivity index (χ1n) is 5.54. The van der Waals surface area contributed by atoms with Gasteiger partial charge in [-0.25, -0.2) is 4.98 Å². The third-order valence-electron chi connectivity index (χ3n) is 2.82. The van der Waals surface area contributed by atoms with Crippen LogP contribution in [0.1, 0.15) is 29.0 Å². The van der Waals surface area contributed by atoms with Crippen molar-refractivity contribution in [2.24, 2.45) is 0 Å². The van der Waals surface area contributed by atoms with Gasteiger partial charge >= 0.3 is 0 Å². The maximum Gasteiger partial charge on any atom is 0.272 e. The molecule has 2 rings (SSSR count). The number of aryl methyl sites for hydroxylation is 1. The average Bonchev–Trinajstić information content (AvgIpc) is 2.29. The number of amides is 1. The number of pyridine rings is 1. The summed E-state index contributed by atoms with van der Waals surface area (Å²) in [6, 6.07) is 5.52. The topological polar surface area (TPSA) is 33.2 Å². The maximum absolute atomic E-state index is 12.1. The van der Waals surface area contributed by atoms with Gasteiger partial charge in [0.15, 0.2) is 0 Å². The van der Waals surface area contributed by atoms with Crippen LogP contribution in [0, 0.1) is 6.92 Å². The predicted molar refractivity (Wildman–Crippen MR) is 63.8 cm³/mol. The number of aromatic nitrogens is 1. The van der Waals surface area contributed by atoms with E-state index in [1.165, 1.54) is 0 Å². The summed E-state index contributed by atoms with van der Waals surface area (Å²) in [5.41, 5.74) is 1.41. The Hall–Kier alpha value is -1.09. The highest BCUT2D eigenvalue weighted by atomic mass is 35.5. The van der Waals surface area contributed by atoms with Crippen LogP contribution in [0.3, 0.4) is 0 Å². The minimum Gasteiger partial charge on any atom is -0.337 e. The van der Waals surface area contributed by atoms with E-state index in [-0.39, 0.29) is 11.3 Å². The smallest absolute Gasteiger partial charge is 0.272 e. The summed E-state index contributed by atoms with van der Waals surface area (Å²) < 4.78 is 0. The molecule has 1 amide bonds. The lowest BCUT2D eigenvalue weighted by molar-refractivity contribution is 0.0720. The van der Waals surface area contributed by atoms with Crippen LogP contribution < -0.4 is 0 Å². The second kappa shape index (κ2) is 4.83. The van der Waals surface area contributed by atoms with Crippen molar-refractivity contribution in [1.82, 2.24) is 9.88 Å². The standard InChI is InChI=1S/C12H15ClN2O/c1-9-3-2-4-11(14-9)12(16)15-7-5-10(13)6-8-15/h2-4,10H,5-8H2,1H3. The Labute approximate surface area is 100 Å². The SMILES string of the molecule is Cc1cccc(C(=O)N2CCC(Cl)CC2)n1. The van der Waals surface area contributed by atoms with E-state index in [1.54, 1.807) is 6.07 Å². The van der Waals surface area contributed by atoms with Gasteiger partial charge in [0.05, 0.1) is 0 Å². The van der Waals surface area contributed by atoms with Crippen molar-refractivity contribution in [3.05, 3.63) is 29.6 Å². The summed E-state index contributed by atoms with van der Waals surface area (Å²) in [7, 11) is 0. The van der Waals surface area contributed by atoms with Crippen LogP contribution in [0.2, 0.25) is 0 Å². The van der Waals surface area contributed by atoms with Crippen LogP contribution in [0.15, 0.2) is 18.2 Å². The van der Waals surface area contributed by atoms with Gasteiger partial charge in [0.2, 0.25) is 0 Å². The van der Waals surface area contributed by atoms with E-state index in [4.69, 9.17) is 11.6 Å². The molecule has 1 fully saturated rings. The quantitative estimate of drug-likeness (QED) is 0.703. The Morgan fingerprint density at radius 2 is 2.12 bits per heavy atom. The highest BCUT2D eigenvalue weighted by Gasteiger charge is 2.22. The molecule has 0 saturated carbocycles. The first-order chi connectivity index (χ1) is 7.66. The zero-order chi connectivity index (χ0) is 11.5. The van der Waals surface area contributed by atoms with Crippen molar-refractivity contribution in [3.63, 3.8) is 0 Å². The third kappa shape index (κ3) is 2.53. The summed E-state index contributed by atoms with van der Waals surface area (Å²) in [5, 5.41) is 0.217. The normalized spacial score (nSPS) is 17.5. The largest absolute Gasteiger partial charge is 0.337 e. The number of piperidine rings is 1. The van der Waals surface area contributed by atoms with Crippen LogP contribution in [0.5, 0.6) is 0 Å². The molecule has 1 aromatic heterocycles. The maximum atomic E-state index is 12.1. The van der Waals surface area contributed by atoms with Gasteiger partial charge in [-0.05, 0) is 31.9 Å². The molecule has 0 aliphatic carbocycles. The van der Waals surface area contributed by atoms with E-state index in [0.717, 1.165) is 31.6 Å². The first kappa shape index (κ1) is 11.4. The van der Waals surface area contributed by atoms with Crippen molar-refractivity contribution >= 4 is 17.5 Å². The second-order valence-corrected chi connectivity index (χ2v) is 4.75. The molecule has 1 aliphatic heterocycles. The van der Waals surface area contributed by atoms with Crippen LogP contribution in [0.4, 0.5) is 0 Å². The van der Waals surface area contributed by atoms with Crippen LogP contribution in [0.25, 0.3) is 0 Å². The molecular formula is C12H15ClN2O. The fraction of sp³-hybridized carbons (Fsp3) is 0.500. The predicted octanol–water partition coefficient (Wildman–Crippen LogP) is 2.23. The molecule has 0 N–H and O–H groups in total. The lowest BCUT2D eigenvalue weighted by atomic mass is 10.1. The van der Waals surface area contributed by atoms with Crippen molar-refractivity contribution in [1.29, 1.82) is 0 Å². The molecule has 1 aromatic rings. The van der Waals surface area contributed by atoms with E-state index in [1.807, 2.05) is 24.0 Å². The molecule has 0 bridgehead atoms. The first-order valence-corrected chi connectivity index (χ1v) is 5.97. The number of hydrogen-bond acceptors (Lipinski definition) is 2. The highest BCUT2D eigenvalue weighted by Crippen LogP contribution is 2.17. The fourth-order valence-corrected chi connectivity index (χ4v) is 2.07. The van der Waals surface area contributed by atoms with Gasteiger partial charge in [0.1, 0.15) is 5.69 Å². The zero-order valence-electron chi connectivity index (χ0n) is 9.32. The highest BCUT2D eigenvalue weighted by molar-refractivity contribution is 6.20. The van der Waals surface area contributed by atoms with Gasteiger partial charge in [-0.3, -0.25) is 4.79 Å². The molecule has 0 spiro atoms. The number of carbonyl (C=O) groups is 1. The molecule has 86 valence electrons. The lowest BCUT2D eigenvalue weighted by Crippen LogP contribution is -2.39. The van der Waals surface area contributed by atoms with Gasteiger partial charge in [-0.2, -0.15) is 0 Å². The number of hydrogen-bond donors (Lipinski definition) is 0. The van der Waals surface area contributed by atoms with E-state index in [9.17, 15) is 4.79 Å². The fourth-order valence-electron chi connectivity index (χ4n) is 1.88. The average molecular weight is 239 g/mol. The Kier molecular flexibility index (Phi) is 3.44. The Morgan fingerprint density at radius 3 is 2.75 bits per heavy atom. The van der Waals surface area contributed by atoms with E-state index < -0.39 is 0 Å². The van der Waals surface area contributed by atoms with Crippen LogP contribution >= 0.6 is 11.6 Å². The summed E-state index contributed by atoms with van der Waals surface area (Å²) in [4.78, 5) is 18.2. The van der Waals surface area contributed by atoms with E-state index in [2.05, 4.69) is 4.98 Å². The molecule has 2 heterocycles. The molecule has 3 nitrogen and oxygen atoms in total. The number of halogens is 1. The number of rotatable bonds is 1. The van der Waals surface area contributed by atoms with Gasteiger partial charge in [0.25, 0.3) is 5.91 Å². The van der Waals surface area contributed by atoms with Crippen molar-refractivity contribution in [2.45, 2.75) is 25.1 Å². The van der Waals surface area contributed by atoms with Gasteiger partial charge in [-0.1, -0.05) is 6.07 Å². The summed E-state index contributed by atoms with van der Waals surface area (Å²) in [6.07, 6.45) is 1.75. The van der Waals surface area contributed by atoms with E-state index in [0.29, 0.717) is 5.69 Å². The Bertz CT molecular complexity index is 386. The molecule has 1 aliphatic rings. The molecule has 0 radical (unpaired) electrons. The summed E-state index contributed by atoms with van der Waals surface area (Å²) >= 11 is 6.00. The van der Waals surface area contributed by atoms with Crippen molar-refractivity contribution in [3.8, 4) is 0 Å². The van der Waals surface area contributed by atoms with Crippen molar-refractivity contribution in [2.75, 3.05) is 13.1 Å². The number of nitrogens with zero attached hydrogens (tertiary/aromatic N) is 2. The van der Waals surface area contributed by atoms with Crippen LogP contribution in [-0.2, 0) is 0 Å². The van der Waals surface area contributed by atoms with E-state index >= 15 is 0 Å². The summed E-state index contributed by atoms with van der Waals surface area (Å²) in [6.45, 7) is 3.37. The molecular weight excluding hydrogens is 224 g/mol. The second-order valence-electron chi connectivity index (χ2n) is 4.13. The van der Waals surface area contributed by atoms with Gasteiger partial charge < -0.3 is 4.90 Å². The summed E-state index contributed by atoms with van der Waals surface area (Å²) in [5.74, 6) is 0.0206. The monoisotopic (exact) mass is 238 g/mol. The lowest BCUT2D eigenvalue weighted by Gasteiger charge is -2.29. The van der Waals surface area contributed by atoms with Gasteiger partial charge in [-0.15, -0.1) is 11.6 Å². The third-order valence-corrected chi connectivity index (χ3v) is 3.26. The van der Waals surface area contributed by atoms with Gasteiger partial charge in [0, 0.05) is 24.2 Å². The molecule has 0 unspecified atom stereocenters. The molecule has 16 heavy (non-hydrogen) atoms. The zero-order valence-corrected chi connectivity index (χ0v) is 10.1. The van der Waals surface area contributed by atoms with Crippen molar-refractivity contribution < 1.29 is 4.79 Å². The minimum absolute atomic E-state index is 0.0206. The Balaban J connectivity index is 2.08. The number of alkyl halides is 1. The molecule has 0 atom stereocenters. The molecule has 1 saturated heterocycles. The minimum atomic E-state index is 0.0206. The van der Waals surface area contributed by atoms with Crippen LogP contribution in [-0.4, -0.2) is 34.3 Å². The number of likely N-dealkylation sites (tertiary alicyclic amines) is 1. The molecule has 4 heteroatoms.